The first-order valence-electron chi connectivity index (χ1n) is 10.0. The standard InChI is InChI=1S/C22H27FN4O2/c1-13-8-9-18(23)17(10-13)21(28)24-12-20(16-6-4-5-7-16)25-22(29)19-11-14(2)15(3)26-27-19/h8-11,16,20H,4-7,12H2,1-3H3,(H,24,28)(H,25,29). The SMILES string of the molecule is Cc1ccc(F)c(C(=O)NCC(NC(=O)c2cc(C)c(C)nn2)C2CCCC2)c1. The molecule has 1 aromatic carbocycles. The molecule has 0 radical (unpaired) electrons. The van der Waals surface area contributed by atoms with E-state index in [-0.39, 0.29) is 35.7 Å². The molecule has 0 saturated heterocycles. The third-order valence-electron chi connectivity index (χ3n) is 5.60. The molecule has 29 heavy (non-hydrogen) atoms. The molecule has 1 atom stereocenters. The molecule has 2 amide bonds. The molecule has 154 valence electrons. The quantitative estimate of drug-likeness (QED) is 0.782. The van der Waals surface area contributed by atoms with Crippen molar-refractivity contribution in [2.45, 2.75) is 52.5 Å². The third kappa shape index (κ3) is 5.16. The van der Waals surface area contributed by atoms with Gasteiger partial charge < -0.3 is 10.6 Å². The Labute approximate surface area is 170 Å². The summed E-state index contributed by atoms with van der Waals surface area (Å²) in [7, 11) is 0. The predicted molar refractivity (Wildman–Crippen MR) is 108 cm³/mol. The molecule has 0 spiro atoms. The topological polar surface area (TPSA) is 84.0 Å². The van der Waals surface area contributed by atoms with Gasteiger partial charge in [0.2, 0.25) is 0 Å². The second-order valence-corrected chi connectivity index (χ2v) is 7.82. The third-order valence-corrected chi connectivity index (χ3v) is 5.60. The summed E-state index contributed by atoms with van der Waals surface area (Å²) in [4.78, 5) is 25.2. The van der Waals surface area contributed by atoms with Crippen molar-refractivity contribution < 1.29 is 14.0 Å². The Balaban J connectivity index is 1.70. The van der Waals surface area contributed by atoms with Gasteiger partial charge in [-0.3, -0.25) is 9.59 Å². The minimum absolute atomic E-state index is 0.0153. The number of aryl methyl sites for hydroxylation is 3. The van der Waals surface area contributed by atoms with Gasteiger partial charge in [-0.1, -0.05) is 24.5 Å². The second kappa shape index (κ2) is 9.11. The van der Waals surface area contributed by atoms with Gasteiger partial charge in [-0.15, -0.1) is 5.10 Å². The highest BCUT2D eigenvalue weighted by molar-refractivity contribution is 5.95. The average Bonchev–Trinajstić information content (AvgIpc) is 3.23. The molecule has 2 N–H and O–H groups in total. The van der Waals surface area contributed by atoms with Crippen molar-refractivity contribution in [3.8, 4) is 0 Å². The number of halogens is 1. The molecule has 1 fully saturated rings. The van der Waals surface area contributed by atoms with E-state index in [1.165, 1.54) is 12.1 Å². The van der Waals surface area contributed by atoms with E-state index in [2.05, 4.69) is 20.8 Å². The van der Waals surface area contributed by atoms with Crippen LogP contribution in [0.15, 0.2) is 24.3 Å². The van der Waals surface area contributed by atoms with Crippen LogP contribution in [0.4, 0.5) is 4.39 Å². The number of carbonyl (C=O) groups excluding carboxylic acids is 2. The highest BCUT2D eigenvalue weighted by Crippen LogP contribution is 2.27. The van der Waals surface area contributed by atoms with Gasteiger partial charge in [-0.2, -0.15) is 5.10 Å². The van der Waals surface area contributed by atoms with Crippen molar-refractivity contribution in [2.75, 3.05) is 6.54 Å². The number of nitrogens with one attached hydrogen (secondary N) is 2. The van der Waals surface area contributed by atoms with Crippen molar-refractivity contribution in [3.63, 3.8) is 0 Å². The van der Waals surface area contributed by atoms with Crippen molar-refractivity contribution in [1.82, 2.24) is 20.8 Å². The summed E-state index contributed by atoms with van der Waals surface area (Å²) in [5, 5.41) is 13.8. The highest BCUT2D eigenvalue weighted by atomic mass is 19.1. The fourth-order valence-corrected chi connectivity index (χ4v) is 3.71. The van der Waals surface area contributed by atoms with Crippen molar-refractivity contribution in [1.29, 1.82) is 0 Å². The lowest BCUT2D eigenvalue weighted by Gasteiger charge is -2.25. The summed E-state index contributed by atoms with van der Waals surface area (Å²) in [5.41, 5.74) is 2.76. The summed E-state index contributed by atoms with van der Waals surface area (Å²) < 4.78 is 14.0. The van der Waals surface area contributed by atoms with E-state index in [1.807, 2.05) is 20.8 Å². The van der Waals surface area contributed by atoms with Crippen molar-refractivity contribution >= 4 is 11.8 Å². The minimum atomic E-state index is -0.556. The van der Waals surface area contributed by atoms with Crippen LogP contribution in [-0.2, 0) is 0 Å². The monoisotopic (exact) mass is 398 g/mol. The smallest absolute Gasteiger partial charge is 0.272 e. The number of benzene rings is 1. The van der Waals surface area contributed by atoms with Gasteiger partial charge in [-0.25, -0.2) is 4.39 Å². The second-order valence-electron chi connectivity index (χ2n) is 7.82. The number of hydrogen-bond acceptors (Lipinski definition) is 4. The van der Waals surface area contributed by atoms with E-state index in [0.717, 1.165) is 42.5 Å². The van der Waals surface area contributed by atoms with Crippen LogP contribution < -0.4 is 10.6 Å². The van der Waals surface area contributed by atoms with Gasteiger partial charge in [0, 0.05) is 12.6 Å². The zero-order valence-corrected chi connectivity index (χ0v) is 17.1. The highest BCUT2D eigenvalue weighted by Gasteiger charge is 2.28. The van der Waals surface area contributed by atoms with Crippen LogP contribution in [0.1, 0.15) is 63.4 Å². The molecule has 1 unspecified atom stereocenters. The average molecular weight is 398 g/mol. The largest absolute Gasteiger partial charge is 0.350 e. The lowest BCUT2D eigenvalue weighted by Crippen LogP contribution is -2.47. The Bertz CT molecular complexity index is 910. The maximum Gasteiger partial charge on any atom is 0.272 e. The molecule has 1 saturated carbocycles. The molecule has 1 aliphatic rings. The van der Waals surface area contributed by atoms with Gasteiger partial charge in [0.15, 0.2) is 5.69 Å². The Morgan fingerprint density at radius 3 is 2.52 bits per heavy atom. The summed E-state index contributed by atoms with van der Waals surface area (Å²) in [6.07, 6.45) is 4.17. The van der Waals surface area contributed by atoms with E-state index in [0.29, 0.717) is 0 Å². The fraction of sp³-hybridized carbons (Fsp3) is 0.455. The number of carbonyl (C=O) groups is 2. The number of hydrogen-bond donors (Lipinski definition) is 2. The van der Waals surface area contributed by atoms with Crippen LogP contribution in [0, 0.1) is 32.5 Å². The number of rotatable bonds is 6. The molecular formula is C22H27FN4O2. The summed E-state index contributed by atoms with van der Waals surface area (Å²) in [5.74, 6) is -1.08. The summed E-state index contributed by atoms with van der Waals surface area (Å²) in [6.45, 7) is 5.76. The fourth-order valence-electron chi connectivity index (χ4n) is 3.71. The number of amides is 2. The van der Waals surface area contributed by atoms with Crippen molar-refractivity contribution in [2.24, 2.45) is 5.92 Å². The van der Waals surface area contributed by atoms with Crippen LogP contribution in [0.2, 0.25) is 0 Å². The summed E-state index contributed by atoms with van der Waals surface area (Å²) >= 11 is 0. The van der Waals surface area contributed by atoms with Crippen LogP contribution in [0.3, 0.4) is 0 Å². The van der Waals surface area contributed by atoms with Gasteiger partial charge in [0.1, 0.15) is 5.82 Å². The lowest BCUT2D eigenvalue weighted by atomic mass is 9.97. The zero-order valence-electron chi connectivity index (χ0n) is 17.1. The number of nitrogens with zero attached hydrogens (tertiary/aromatic N) is 2. The summed E-state index contributed by atoms with van der Waals surface area (Å²) in [6, 6.07) is 5.91. The number of aromatic nitrogens is 2. The molecule has 3 rings (SSSR count). The van der Waals surface area contributed by atoms with E-state index >= 15 is 0 Å². The Morgan fingerprint density at radius 1 is 1.10 bits per heavy atom. The van der Waals surface area contributed by atoms with E-state index in [1.54, 1.807) is 12.1 Å². The normalized spacial score (nSPS) is 15.2. The molecule has 6 nitrogen and oxygen atoms in total. The van der Waals surface area contributed by atoms with Gasteiger partial charge in [0.05, 0.1) is 11.3 Å². The molecule has 7 heteroatoms. The van der Waals surface area contributed by atoms with E-state index in [4.69, 9.17) is 0 Å². The molecule has 1 aromatic heterocycles. The minimum Gasteiger partial charge on any atom is -0.350 e. The first-order valence-corrected chi connectivity index (χ1v) is 10.0. The Kier molecular flexibility index (Phi) is 6.56. The van der Waals surface area contributed by atoms with Crippen LogP contribution in [0.5, 0.6) is 0 Å². The zero-order chi connectivity index (χ0) is 21.0. The molecule has 1 heterocycles. The van der Waals surface area contributed by atoms with Gasteiger partial charge in [-0.05, 0) is 63.3 Å². The van der Waals surface area contributed by atoms with Crippen LogP contribution in [0.25, 0.3) is 0 Å². The van der Waals surface area contributed by atoms with Crippen LogP contribution >= 0.6 is 0 Å². The molecule has 0 aliphatic heterocycles. The molecule has 1 aliphatic carbocycles. The van der Waals surface area contributed by atoms with E-state index in [9.17, 15) is 14.0 Å². The maximum atomic E-state index is 14.0. The first-order chi connectivity index (χ1) is 13.8. The maximum absolute atomic E-state index is 14.0. The Morgan fingerprint density at radius 2 is 1.83 bits per heavy atom. The van der Waals surface area contributed by atoms with Crippen molar-refractivity contribution in [3.05, 3.63) is 58.2 Å². The predicted octanol–water partition coefficient (Wildman–Crippen LogP) is 3.26. The van der Waals surface area contributed by atoms with E-state index < -0.39 is 11.7 Å². The molecule has 2 aromatic rings. The lowest BCUT2D eigenvalue weighted by molar-refractivity contribution is 0.0887. The first kappa shape index (κ1) is 20.9. The molecular weight excluding hydrogens is 371 g/mol. The van der Waals surface area contributed by atoms with Crippen LogP contribution in [-0.4, -0.2) is 34.6 Å². The van der Waals surface area contributed by atoms with Gasteiger partial charge in [0.25, 0.3) is 11.8 Å². The van der Waals surface area contributed by atoms with Gasteiger partial charge >= 0.3 is 0 Å². The Hall–Kier alpha value is -2.83. The molecule has 0 bridgehead atoms.